The van der Waals surface area contributed by atoms with E-state index in [0.29, 0.717) is 6.54 Å². The molecular formula is C3H9NO3S. The lowest BCUT2D eigenvalue weighted by Gasteiger charge is -1.84. The Morgan fingerprint density at radius 2 is 2.00 bits per heavy atom. The molecule has 0 rings (SSSR count). The van der Waals surface area contributed by atoms with Crippen LogP contribution >= 0.6 is 0 Å². The Morgan fingerprint density at radius 3 is 2.00 bits per heavy atom. The van der Waals surface area contributed by atoms with E-state index in [1.165, 1.54) is 0 Å². The highest BCUT2D eigenvalue weighted by molar-refractivity contribution is 7.51. The average molecular weight is 139 g/mol. The molecule has 0 aromatic rings. The maximum absolute atomic E-state index is 8.29. The zero-order chi connectivity index (χ0) is 6.83. The monoisotopic (exact) mass is 139 g/mol. The third kappa shape index (κ3) is 42.6. The summed E-state index contributed by atoms with van der Waals surface area (Å²) in [5.41, 5.74) is 0. The summed E-state index contributed by atoms with van der Waals surface area (Å²) in [5.74, 6) is 0. The second kappa shape index (κ2) is 15.9. The summed E-state index contributed by atoms with van der Waals surface area (Å²) in [5, 5.41) is 10.8. The standard InChI is InChI=1S/C3H9NO.O2S/c1-4-2-3-5;1-3-2/h4-5H,2-3H2,1H3;. The van der Waals surface area contributed by atoms with E-state index in [2.05, 4.69) is 5.32 Å². The van der Waals surface area contributed by atoms with Gasteiger partial charge in [0.2, 0.25) is 0 Å². The number of rotatable bonds is 2. The third-order valence-corrected chi connectivity index (χ3v) is 0.362. The molecule has 0 bridgehead atoms. The minimum atomic E-state index is -0.750. The maximum atomic E-state index is 8.29. The number of aliphatic hydroxyl groups excluding tert-OH is 1. The van der Waals surface area contributed by atoms with E-state index < -0.39 is 11.6 Å². The van der Waals surface area contributed by atoms with Gasteiger partial charge in [-0.2, -0.15) is 8.42 Å². The molecule has 4 nitrogen and oxygen atoms in total. The van der Waals surface area contributed by atoms with Crippen LogP contribution in [0.15, 0.2) is 0 Å². The van der Waals surface area contributed by atoms with Crippen LogP contribution in [0.5, 0.6) is 0 Å². The van der Waals surface area contributed by atoms with Crippen LogP contribution in [-0.4, -0.2) is 33.7 Å². The van der Waals surface area contributed by atoms with E-state index in [1.54, 1.807) is 7.05 Å². The molecule has 0 spiro atoms. The zero-order valence-electron chi connectivity index (χ0n) is 4.59. The SMILES string of the molecule is CNCCO.O=S=O. The van der Waals surface area contributed by atoms with E-state index in [0.717, 1.165) is 0 Å². The van der Waals surface area contributed by atoms with Crippen molar-refractivity contribution < 1.29 is 13.5 Å². The molecule has 0 aromatic carbocycles. The largest absolute Gasteiger partial charge is 0.395 e. The van der Waals surface area contributed by atoms with Crippen molar-refractivity contribution in [3.8, 4) is 0 Å². The molecule has 0 fully saturated rings. The van der Waals surface area contributed by atoms with Gasteiger partial charge in [0.05, 0.1) is 6.61 Å². The van der Waals surface area contributed by atoms with Crippen molar-refractivity contribution in [2.75, 3.05) is 20.2 Å². The summed E-state index contributed by atoms with van der Waals surface area (Å²) in [4.78, 5) is 0. The first kappa shape index (κ1) is 10.7. The maximum Gasteiger partial charge on any atom is 0.335 e. The highest BCUT2D eigenvalue weighted by atomic mass is 32.1. The summed E-state index contributed by atoms with van der Waals surface area (Å²) in [7, 11) is 1.80. The Hall–Kier alpha value is -0.260. The Balaban J connectivity index is 0. The molecule has 0 amide bonds. The van der Waals surface area contributed by atoms with Crippen molar-refractivity contribution in [2.45, 2.75) is 0 Å². The quantitative estimate of drug-likeness (QED) is 0.490. The molecule has 0 saturated carbocycles. The molecule has 0 aromatic heterocycles. The lowest BCUT2D eigenvalue weighted by Crippen LogP contribution is -2.10. The van der Waals surface area contributed by atoms with Crippen LogP contribution in [0.25, 0.3) is 0 Å². The molecule has 0 saturated heterocycles. The first-order chi connectivity index (χ1) is 3.83. The topological polar surface area (TPSA) is 66.4 Å². The Labute approximate surface area is 51.5 Å². The summed E-state index contributed by atoms with van der Waals surface area (Å²) < 4.78 is 16.6. The fraction of sp³-hybridized carbons (Fsp3) is 1.00. The van der Waals surface area contributed by atoms with E-state index in [4.69, 9.17) is 13.5 Å². The second-order valence-corrected chi connectivity index (χ2v) is 1.03. The Kier molecular flexibility index (Phi) is 21.2. The van der Waals surface area contributed by atoms with Gasteiger partial charge in [-0.15, -0.1) is 0 Å². The second-order valence-electron chi connectivity index (χ2n) is 0.895. The van der Waals surface area contributed by atoms with Crippen LogP contribution in [0.4, 0.5) is 0 Å². The van der Waals surface area contributed by atoms with Gasteiger partial charge in [0.25, 0.3) is 0 Å². The minimum Gasteiger partial charge on any atom is -0.395 e. The van der Waals surface area contributed by atoms with Crippen molar-refractivity contribution in [1.82, 2.24) is 5.32 Å². The zero-order valence-corrected chi connectivity index (χ0v) is 5.40. The molecule has 0 radical (unpaired) electrons. The molecule has 0 unspecified atom stereocenters. The van der Waals surface area contributed by atoms with Crippen LogP contribution in [0.1, 0.15) is 0 Å². The van der Waals surface area contributed by atoms with Crippen molar-refractivity contribution in [1.29, 1.82) is 0 Å². The molecule has 5 heteroatoms. The number of hydrogen-bond acceptors (Lipinski definition) is 4. The molecule has 2 N–H and O–H groups in total. The lowest BCUT2D eigenvalue weighted by molar-refractivity contribution is 0.296. The normalized spacial score (nSPS) is 6.75. The van der Waals surface area contributed by atoms with Crippen molar-refractivity contribution in [3.05, 3.63) is 0 Å². The van der Waals surface area contributed by atoms with Gasteiger partial charge >= 0.3 is 11.6 Å². The van der Waals surface area contributed by atoms with Crippen LogP contribution in [0.3, 0.4) is 0 Å². The molecule has 50 valence electrons. The van der Waals surface area contributed by atoms with E-state index in [9.17, 15) is 0 Å². The minimum absolute atomic E-state index is 0.233. The summed E-state index contributed by atoms with van der Waals surface area (Å²) in [6, 6.07) is 0. The Bertz CT molecular complexity index is 59.5. The van der Waals surface area contributed by atoms with Crippen LogP contribution in [-0.2, 0) is 11.6 Å². The molecule has 0 aliphatic heterocycles. The number of hydrogen-bond donors (Lipinski definition) is 2. The van der Waals surface area contributed by atoms with Crippen LogP contribution in [0, 0.1) is 0 Å². The van der Waals surface area contributed by atoms with E-state index >= 15 is 0 Å². The van der Waals surface area contributed by atoms with Gasteiger partial charge in [-0.25, -0.2) is 0 Å². The summed E-state index contributed by atoms with van der Waals surface area (Å²) in [6.45, 7) is 0.927. The Morgan fingerprint density at radius 1 is 1.62 bits per heavy atom. The van der Waals surface area contributed by atoms with Crippen molar-refractivity contribution in [2.24, 2.45) is 0 Å². The van der Waals surface area contributed by atoms with Gasteiger partial charge in [-0.05, 0) is 7.05 Å². The van der Waals surface area contributed by atoms with Crippen LogP contribution in [0.2, 0.25) is 0 Å². The molecule has 0 aliphatic rings. The predicted octanol–water partition coefficient (Wildman–Crippen LogP) is -1.47. The first-order valence-corrected chi connectivity index (χ1v) is 2.67. The van der Waals surface area contributed by atoms with Gasteiger partial charge in [-0.1, -0.05) is 0 Å². The van der Waals surface area contributed by atoms with Gasteiger partial charge in [-0.3, -0.25) is 0 Å². The molecular weight excluding hydrogens is 130 g/mol. The lowest BCUT2D eigenvalue weighted by atomic mass is 10.7. The highest BCUT2D eigenvalue weighted by Gasteiger charge is 1.65. The van der Waals surface area contributed by atoms with Gasteiger partial charge in [0.15, 0.2) is 0 Å². The third-order valence-electron chi connectivity index (χ3n) is 0.362. The van der Waals surface area contributed by atoms with E-state index in [1.807, 2.05) is 0 Å². The van der Waals surface area contributed by atoms with Crippen molar-refractivity contribution in [3.63, 3.8) is 0 Å². The fourth-order valence-electron chi connectivity index (χ4n) is 0.112. The summed E-state index contributed by atoms with van der Waals surface area (Å²) >= 11 is -0.750. The fourth-order valence-corrected chi connectivity index (χ4v) is 0.112. The summed E-state index contributed by atoms with van der Waals surface area (Å²) in [6.07, 6.45) is 0. The molecule has 8 heavy (non-hydrogen) atoms. The average Bonchev–Trinajstić information content (AvgIpc) is 1.71. The number of nitrogens with one attached hydrogen (secondary N) is 1. The predicted molar refractivity (Wildman–Crippen MR) is 29.9 cm³/mol. The van der Waals surface area contributed by atoms with Gasteiger partial charge in [0, 0.05) is 6.54 Å². The molecule has 0 atom stereocenters. The van der Waals surface area contributed by atoms with Gasteiger partial charge in [0.1, 0.15) is 0 Å². The number of likely N-dealkylation sites (N-methyl/N-ethyl adjacent to an activating group) is 1. The highest BCUT2D eigenvalue weighted by Crippen LogP contribution is 1.42. The smallest absolute Gasteiger partial charge is 0.335 e. The van der Waals surface area contributed by atoms with Gasteiger partial charge < -0.3 is 10.4 Å². The van der Waals surface area contributed by atoms with Crippen molar-refractivity contribution >= 4 is 11.6 Å². The first-order valence-electron chi connectivity index (χ1n) is 2.00. The van der Waals surface area contributed by atoms with Crippen LogP contribution < -0.4 is 5.32 Å². The molecule has 0 heterocycles. The number of aliphatic hydroxyl groups is 1. The molecule has 0 aliphatic carbocycles. The van der Waals surface area contributed by atoms with E-state index in [-0.39, 0.29) is 6.61 Å².